The molecule has 4 fully saturated rings. The molecule has 234 valence electrons. The Morgan fingerprint density at radius 3 is 1.65 bits per heavy atom. The highest BCUT2D eigenvalue weighted by Gasteiger charge is 2.52. The third-order valence-corrected chi connectivity index (χ3v) is 6.33. The number of hydroxylamine groups is 6. The molecule has 0 aromatic carbocycles. The first kappa shape index (κ1) is 31.1. The number of nitrogens with zero attached hydrogens (tertiary/aromatic N) is 3. The van der Waals surface area contributed by atoms with Gasteiger partial charge in [-0.15, -0.1) is 5.06 Å². The van der Waals surface area contributed by atoms with Crippen LogP contribution in [0.25, 0.3) is 0 Å². The maximum atomic E-state index is 12.5. The molecular formula is C23H25N3O17. The smallest absolute Gasteiger partial charge is 0.430 e. The zero-order valence-electron chi connectivity index (χ0n) is 22.4. The summed E-state index contributed by atoms with van der Waals surface area (Å²) >= 11 is 0. The Morgan fingerprint density at radius 1 is 0.744 bits per heavy atom. The van der Waals surface area contributed by atoms with Crippen molar-refractivity contribution in [2.24, 2.45) is 0 Å². The van der Waals surface area contributed by atoms with Crippen molar-refractivity contribution in [1.29, 1.82) is 0 Å². The highest BCUT2D eigenvalue weighted by atomic mass is 16.9. The van der Waals surface area contributed by atoms with E-state index < -0.39 is 85.3 Å². The number of aliphatic hydroxyl groups excluding tert-OH is 1. The molecule has 4 rings (SSSR count). The zero-order chi connectivity index (χ0) is 31.4. The number of hydrogen-bond donors (Lipinski definition) is 1. The number of aliphatic hydroxyl groups is 1. The number of hydrogen-bond acceptors (Lipinski definition) is 17. The van der Waals surface area contributed by atoms with Crippen LogP contribution in [0.4, 0.5) is 14.4 Å². The second-order valence-electron chi connectivity index (χ2n) is 9.19. The van der Waals surface area contributed by atoms with Crippen LogP contribution in [0.3, 0.4) is 0 Å². The van der Waals surface area contributed by atoms with Gasteiger partial charge in [0.1, 0.15) is 18.8 Å². The van der Waals surface area contributed by atoms with Gasteiger partial charge in [-0.1, -0.05) is 16.7 Å². The number of carbonyl (C=O) groups excluding carboxylic acids is 8. The molecule has 4 aliphatic heterocycles. The Bertz CT molecular complexity index is 1190. The van der Waals surface area contributed by atoms with Crippen molar-refractivity contribution < 1.29 is 81.7 Å². The van der Waals surface area contributed by atoms with Crippen LogP contribution in [-0.4, -0.2) is 113 Å². The van der Waals surface area contributed by atoms with E-state index >= 15 is 0 Å². The summed E-state index contributed by atoms with van der Waals surface area (Å²) in [7, 11) is 1.06. The van der Waals surface area contributed by atoms with Crippen LogP contribution in [-0.2, 0) is 62.2 Å². The lowest BCUT2D eigenvalue weighted by atomic mass is 9.99. The van der Waals surface area contributed by atoms with Gasteiger partial charge in [-0.25, -0.2) is 14.4 Å². The van der Waals surface area contributed by atoms with Crippen LogP contribution < -0.4 is 0 Å². The predicted octanol–water partition coefficient (Wildman–Crippen LogP) is -0.905. The van der Waals surface area contributed by atoms with Crippen molar-refractivity contribution in [2.75, 3.05) is 13.7 Å². The van der Waals surface area contributed by atoms with Gasteiger partial charge in [-0.05, 0) is 6.42 Å². The van der Waals surface area contributed by atoms with Gasteiger partial charge >= 0.3 is 18.5 Å². The largest absolute Gasteiger partial charge is 0.534 e. The van der Waals surface area contributed by atoms with Gasteiger partial charge in [-0.2, -0.15) is 0 Å². The van der Waals surface area contributed by atoms with Crippen LogP contribution in [0.2, 0.25) is 0 Å². The lowest BCUT2D eigenvalue weighted by Crippen LogP contribution is -2.62. The number of imide groups is 2. The first-order valence-corrected chi connectivity index (χ1v) is 12.6. The van der Waals surface area contributed by atoms with Gasteiger partial charge in [-0.3, -0.25) is 38.5 Å². The third kappa shape index (κ3) is 6.98. The number of allylic oxidation sites excluding steroid dienone is 1. The fourth-order valence-electron chi connectivity index (χ4n) is 4.22. The van der Waals surface area contributed by atoms with E-state index in [1.807, 2.05) is 0 Å². The molecule has 4 saturated heterocycles. The Labute approximate surface area is 240 Å². The summed E-state index contributed by atoms with van der Waals surface area (Å²) < 4.78 is 25.6. The van der Waals surface area contributed by atoms with E-state index in [1.165, 1.54) is 0 Å². The minimum absolute atomic E-state index is 0.0452. The zero-order valence-corrected chi connectivity index (χ0v) is 22.4. The molecular weight excluding hydrogens is 590 g/mol. The Kier molecular flexibility index (Phi) is 9.41. The standard InChI is InChI=1S/C23H25N3O17/c1-10-3-4-12(27)24(10)41-21(33)37-9-11-18(39-22(34)42-25-13(28)5-6-14(25)29)17(32)19(20(36-2)38-11)40-23(35)43-26-15(30)7-8-16(26)31/h11,17-20,32H,1,3-9H2,2H3. The molecule has 1 N–H and O–H groups in total. The molecule has 4 heterocycles. The predicted molar refractivity (Wildman–Crippen MR) is 124 cm³/mol. The minimum atomic E-state index is -2.07. The molecule has 0 aromatic heterocycles. The maximum Gasteiger partial charge on any atom is 0.534 e. The average Bonchev–Trinajstić information content (AvgIpc) is 3.57. The fourth-order valence-corrected chi connectivity index (χ4v) is 4.22. The van der Waals surface area contributed by atoms with Crippen LogP contribution in [0.15, 0.2) is 12.3 Å². The third-order valence-electron chi connectivity index (χ3n) is 6.33. The Hall–Kier alpha value is -4.82. The van der Waals surface area contributed by atoms with Gasteiger partial charge in [0.15, 0.2) is 18.5 Å². The lowest BCUT2D eigenvalue weighted by molar-refractivity contribution is -0.301. The first-order valence-electron chi connectivity index (χ1n) is 12.6. The van der Waals surface area contributed by atoms with Crippen LogP contribution >= 0.6 is 0 Å². The fraction of sp³-hybridized carbons (Fsp3) is 0.565. The summed E-state index contributed by atoms with van der Waals surface area (Å²) in [5.41, 5.74) is 0.185. The van der Waals surface area contributed by atoms with E-state index in [-0.39, 0.29) is 54.3 Å². The quantitative estimate of drug-likeness (QED) is 0.197. The van der Waals surface area contributed by atoms with Crippen LogP contribution in [0.1, 0.15) is 38.5 Å². The highest BCUT2D eigenvalue weighted by Crippen LogP contribution is 2.29. The molecule has 0 bridgehead atoms. The Balaban J connectivity index is 1.46. The summed E-state index contributed by atoms with van der Waals surface area (Å²) in [5, 5.41) is 12.0. The van der Waals surface area contributed by atoms with E-state index in [0.29, 0.717) is 5.06 Å². The molecule has 5 atom stereocenters. The molecule has 0 spiro atoms. The van der Waals surface area contributed by atoms with Crippen molar-refractivity contribution in [3.05, 3.63) is 12.3 Å². The lowest BCUT2D eigenvalue weighted by Gasteiger charge is -2.41. The Morgan fingerprint density at radius 2 is 1.19 bits per heavy atom. The number of ether oxygens (including phenoxy) is 5. The summed E-state index contributed by atoms with van der Waals surface area (Å²) in [6.07, 6.45) is -14.5. The summed E-state index contributed by atoms with van der Waals surface area (Å²) in [6.45, 7) is 2.74. The summed E-state index contributed by atoms with van der Waals surface area (Å²) in [5.74, 6) is -3.92. The van der Waals surface area contributed by atoms with Crippen molar-refractivity contribution in [2.45, 2.75) is 69.2 Å². The normalized spacial score (nSPS) is 27.5. The number of amides is 5. The second-order valence-corrected chi connectivity index (χ2v) is 9.19. The monoisotopic (exact) mass is 615 g/mol. The number of methoxy groups -OCH3 is 1. The SMILES string of the molecule is C=C1CCC(=O)N1OC(=O)OCC1OC(OC)C(OC(=O)ON2C(=O)CCC2=O)C(O)C1OC(=O)ON1C(=O)CCC1=O. The van der Waals surface area contributed by atoms with Gasteiger partial charge < -0.3 is 28.8 Å². The molecule has 0 aliphatic carbocycles. The molecule has 20 nitrogen and oxygen atoms in total. The van der Waals surface area contributed by atoms with Crippen LogP contribution in [0, 0.1) is 0 Å². The van der Waals surface area contributed by atoms with Crippen molar-refractivity contribution in [3.8, 4) is 0 Å². The van der Waals surface area contributed by atoms with Gasteiger partial charge in [0, 0.05) is 39.2 Å². The first-order chi connectivity index (χ1) is 20.4. The van der Waals surface area contributed by atoms with Crippen molar-refractivity contribution in [3.63, 3.8) is 0 Å². The van der Waals surface area contributed by atoms with Crippen molar-refractivity contribution >= 4 is 48.0 Å². The molecule has 0 radical (unpaired) electrons. The molecule has 5 amide bonds. The molecule has 4 aliphatic rings. The minimum Gasteiger partial charge on any atom is -0.430 e. The van der Waals surface area contributed by atoms with Gasteiger partial charge in [0.05, 0.1) is 5.70 Å². The highest BCUT2D eigenvalue weighted by molar-refractivity contribution is 6.02. The summed E-state index contributed by atoms with van der Waals surface area (Å²) in [6, 6.07) is 0. The molecule has 20 heteroatoms. The summed E-state index contributed by atoms with van der Waals surface area (Å²) in [4.78, 5) is 110. The van der Waals surface area contributed by atoms with E-state index in [0.717, 1.165) is 7.11 Å². The molecule has 0 saturated carbocycles. The molecule has 0 aromatic rings. The topological polar surface area (TPSA) is 240 Å². The maximum absolute atomic E-state index is 12.5. The molecule has 43 heavy (non-hydrogen) atoms. The van der Waals surface area contributed by atoms with E-state index in [9.17, 15) is 43.5 Å². The van der Waals surface area contributed by atoms with E-state index in [4.69, 9.17) is 28.5 Å². The van der Waals surface area contributed by atoms with E-state index in [2.05, 4.69) is 16.3 Å². The van der Waals surface area contributed by atoms with Gasteiger partial charge in [0.2, 0.25) is 0 Å². The van der Waals surface area contributed by atoms with Crippen LogP contribution in [0.5, 0.6) is 0 Å². The number of rotatable bonds is 8. The molecule has 5 unspecified atom stereocenters. The van der Waals surface area contributed by atoms with Crippen molar-refractivity contribution in [1.82, 2.24) is 15.2 Å². The van der Waals surface area contributed by atoms with Gasteiger partial charge in [0.25, 0.3) is 29.5 Å². The second kappa shape index (κ2) is 13.0. The number of carbonyl (C=O) groups is 8. The average molecular weight is 615 g/mol. The van der Waals surface area contributed by atoms with E-state index in [1.54, 1.807) is 0 Å².